The van der Waals surface area contributed by atoms with Gasteiger partial charge < -0.3 is 15.1 Å². The number of aromatic nitrogens is 1. The average molecular weight is 423 g/mol. The van der Waals surface area contributed by atoms with E-state index >= 15 is 0 Å². The second-order valence-electron chi connectivity index (χ2n) is 4.92. The topological polar surface area (TPSA) is 50.1 Å². The Morgan fingerprint density at radius 2 is 2.00 bits per heavy atom. The summed E-state index contributed by atoms with van der Waals surface area (Å²) < 4.78 is 6.56. The third-order valence-corrected chi connectivity index (χ3v) is 4.24. The summed E-state index contributed by atoms with van der Waals surface area (Å²) in [6.45, 7) is 0.476. The molecule has 1 aromatic carbocycles. The van der Waals surface area contributed by atoms with Crippen LogP contribution in [0.5, 0.6) is 0 Å². The van der Waals surface area contributed by atoms with Crippen molar-refractivity contribution in [3.63, 3.8) is 0 Å². The van der Waals surface area contributed by atoms with Crippen LogP contribution < -0.4 is 10.6 Å². The molecule has 2 heterocycles. The minimum Gasteiger partial charge on any atom is -0.459 e. The lowest BCUT2D eigenvalue weighted by Gasteiger charge is -2.10. The molecule has 2 N–H and O–H groups in total. The summed E-state index contributed by atoms with van der Waals surface area (Å²) in [4.78, 5) is 4.18. The van der Waals surface area contributed by atoms with Crippen molar-refractivity contribution in [2.24, 2.45) is 0 Å². The van der Waals surface area contributed by atoms with Gasteiger partial charge in [-0.05, 0) is 46.3 Å². The van der Waals surface area contributed by atoms with Crippen LogP contribution >= 0.6 is 39.7 Å². The van der Waals surface area contributed by atoms with Gasteiger partial charge in [0.1, 0.15) is 17.3 Å². The van der Waals surface area contributed by atoms with Crippen LogP contribution in [0.15, 0.2) is 63.6 Å². The molecule has 0 spiro atoms. The molecule has 2 aromatic heterocycles. The maximum Gasteiger partial charge on any atom is 0.172 e. The quantitative estimate of drug-likeness (QED) is 0.563. The average Bonchev–Trinajstić information content (AvgIpc) is 3.05. The first-order valence-electron chi connectivity index (χ1n) is 7.12. The van der Waals surface area contributed by atoms with Gasteiger partial charge in [-0.2, -0.15) is 0 Å². The number of benzene rings is 1. The minimum absolute atomic E-state index is 0.447. The van der Waals surface area contributed by atoms with E-state index in [4.69, 9.17) is 28.2 Å². The van der Waals surface area contributed by atoms with Crippen LogP contribution in [0.25, 0.3) is 11.3 Å². The number of rotatable bonds is 4. The third-order valence-electron chi connectivity index (χ3n) is 3.18. The molecule has 0 aliphatic carbocycles. The summed E-state index contributed by atoms with van der Waals surface area (Å²) in [6.07, 6.45) is 1.55. The van der Waals surface area contributed by atoms with E-state index in [1.165, 1.54) is 0 Å². The number of thiocarbonyl (C=S) groups is 1. The molecule has 0 unspecified atom stereocenters. The SMILES string of the molecule is S=C(NCc1ccc(-c2ccccc2)o1)Nc1ncc(Cl)cc1Br. The lowest BCUT2D eigenvalue weighted by Crippen LogP contribution is -2.28. The van der Waals surface area contributed by atoms with Gasteiger partial charge >= 0.3 is 0 Å². The zero-order valence-corrected chi connectivity index (χ0v) is 15.6. The number of pyridine rings is 1. The van der Waals surface area contributed by atoms with Crippen LogP contribution in [-0.2, 0) is 6.54 Å². The summed E-state index contributed by atoms with van der Waals surface area (Å²) in [5.74, 6) is 2.22. The molecule has 7 heteroatoms. The monoisotopic (exact) mass is 421 g/mol. The lowest BCUT2D eigenvalue weighted by molar-refractivity contribution is 0.516. The fraction of sp³-hybridized carbons (Fsp3) is 0.0588. The predicted molar refractivity (Wildman–Crippen MR) is 104 cm³/mol. The highest BCUT2D eigenvalue weighted by atomic mass is 79.9. The Balaban J connectivity index is 1.58. The number of hydrogen-bond acceptors (Lipinski definition) is 3. The van der Waals surface area contributed by atoms with Crippen LogP contribution in [0.2, 0.25) is 5.02 Å². The molecule has 0 aliphatic rings. The van der Waals surface area contributed by atoms with Gasteiger partial charge in [-0.1, -0.05) is 41.9 Å². The zero-order valence-electron chi connectivity index (χ0n) is 12.4. The molecule has 3 aromatic rings. The maximum atomic E-state index is 5.87. The fourth-order valence-corrected chi connectivity index (χ4v) is 2.96. The summed E-state index contributed by atoms with van der Waals surface area (Å²) in [5.41, 5.74) is 1.04. The van der Waals surface area contributed by atoms with Gasteiger partial charge in [-0.15, -0.1) is 0 Å². The Kier molecular flexibility index (Phi) is 5.50. The van der Waals surface area contributed by atoms with Crippen molar-refractivity contribution in [2.45, 2.75) is 6.54 Å². The third kappa shape index (κ3) is 4.35. The van der Waals surface area contributed by atoms with Crippen molar-refractivity contribution >= 4 is 50.7 Å². The van der Waals surface area contributed by atoms with Gasteiger partial charge in [0.15, 0.2) is 5.11 Å². The Hall–Kier alpha value is -1.89. The van der Waals surface area contributed by atoms with Gasteiger partial charge in [0, 0.05) is 11.8 Å². The maximum absolute atomic E-state index is 5.87. The Labute approximate surface area is 158 Å². The highest BCUT2D eigenvalue weighted by molar-refractivity contribution is 9.10. The lowest BCUT2D eigenvalue weighted by atomic mass is 10.2. The number of furan rings is 1. The van der Waals surface area contributed by atoms with E-state index < -0.39 is 0 Å². The van der Waals surface area contributed by atoms with E-state index in [9.17, 15) is 0 Å². The number of anilines is 1. The van der Waals surface area contributed by atoms with E-state index in [0.717, 1.165) is 21.6 Å². The van der Waals surface area contributed by atoms with Crippen LogP contribution in [0.4, 0.5) is 5.82 Å². The molecule has 122 valence electrons. The standard InChI is InChI=1S/C17H13BrClN3OS/c18-14-8-12(19)9-20-16(14)22-17(24)21-10-13-6-7-15(23-13)11-4-2-1-3-5-11/h1-9H,10H2,(H2,20,21,22,24). The van der Waals surface area contributed by atoms with Crippen molar-refractivity contribution in [3.05, 3.63) is 70.0 Å². The van der Waals surface area contributed by atoms with Crippen molar-refractivity contribution in [3.8, 4) is 11.3 Å². The van der Waals surface area contributed by atoms with Gasteiger partial charge in [0.25, 0.3) is 0 Å². The zero-order chi connectivity index (χ0) is 16.9. The van der Waals surface area contributed by atoms with Crippen LogP contribution in [0, 0.1) is 0 Å². The highest BCUT2D eigenvalue weighted by Crippen LogP contribution is 2.23. The minimum atomic E-state index is 0.447. The fourth-order valence-electron chi connectivity index (χ4n) is 2.06. The molecule has 0 saturated carbocycles. The predicted octanol–water partition coefficient (Wildman–Crippen LogP) is 5.24. The molecule has 3 rings (SSSR count). The van der Waals surface area contributed by atoms with Crippen molar-refractivity contribution < 1.29 is 4.42 Å². The molecule has 0 amide bonds. The summed E-state index contributed by atoms with van der Waals surface area (Å²) in [7, 11) is 0. The van der Waals surface area contributed by atoms with E-state index in [0.29, 0.717) is 22.5 Å². The van der Waals surface area contributed by atoms with Crippen molar-refractivity contribution in [1.29, 1.82) is 0 Å². The summed E-state index contributed by atoms with van der Waals surface area (Å²) >= 11 is 14.5. The van der Waals surface area contributed by atoms with Gasteiger partial charge in [0.05, 0.1) is 16.0 Å². The summed E-state index contributed by atoms with van der Waals surface area (Å²) in [5, 5.41) is 7.09. The number of hydrogen-bond donors (Lipinski definition) is 2. The number of nitrogens with one attached hydrogen (secondary N) is 2. The second-order valence-corrected chi connectivity index (χ2v) is 6.62. The second kappa shape index (κ2) is 7.79. The Bertz CT molecular complexity index is 854. The van der Waals surface area contributed by atoms with E-state index in [-0.39, 0.29) is 0 Å². The van der Waals surface area contributed by atoms with E-state index in [1.807, 2.05) is 42.5 Å². The Morgan fingerprint density at radius 3 is 2.75 bits per heavy atom. The first-order valence-corrected chi connectivity index (χ1v) is 8.70. The van der Waals surface area contributed by atoms with Gasteiger partial charge in [-0.3, -0.25) is 0 Å². The summed E-state index contributed by atoms with van der Waals surface area (Å²) in [6, 6.07) is 15.6. The van der Waals surface area contributed by atoms with Crippen LogP contribution in [0.3, 0.4) is 0 Å². The first kappa shape index (κ1) is 17.0. The molecular formula is C17H13BrClN3OS. The smallest absolute Gasteiger partial charge is 0.172 e. The molecule has 0 radical (unpaired) electrons. The molecule has 4 nitrogen and oxygen atoms in total. The largest absolute Gasteiger partial charge is 0.459 e. The molecule has 0 fully saturated rings. The number of halogens is 2. The van der Waals surface area contributed by atoms with E-state index in [1.54, 1.807) is 12.3 Å². The van der Waals surface area contributed by atoms with Crippen molar-refractivity contribution in [1.82, 2.24) is 10.3 Å². The molecular weight excluding hydrogens is 410 g/mol. The van der Waals surface area contributed by atoms with Gasteiger partial charge in [-0.25, -0.2) is 4.98 Å². The molecule has 0 atom stereocenters. The molecule has 0 aliphatic heterocycles. The van der Waals surface area contributed by atoms with Crippen molar-refractivity contribution in [2.75, 3.05) is 5.32 Å². The number of nitrogens with zero attached hydrogens (tertiary/aromatic N) is 1. The highest BCUT2D eigenvalue weighted by Gasteiger charge is 2.07. The molecule has 0 bridgehead atoms. The molecule has 0 saturated heterocycles. The molecule has 24 heavy (non-hydrogen) atoms. The first-order chi connectivity index (χ1) is 11.6. The van der Waals surface area contributed by atoms with Crippen LogP contribution in [-0.4, -0.2) is 10.1 Å². The van der Waals surface area contributed by atoms with Crippen LogP contribution in [0.1, 0.15) is 5.76 Å². The van der Waals surface area contributed by atoms with E-state index in [2.05, 4.69) is 31.5 Å². The Morgan fingerprint density at radius 1 is 1.21 bits per heavy atom. The normalized spacial score (nSPS) is 10.4. The van der Waals surface area contributed by atoms with Gasteiger partial charge in [0.2, 0.25) is 0 Å².